The number of amidine groups is 1. The van der Waals surface area contributed by atoms with Crippen LogP contribution in [-0.4, -0.2) is 32.2 Å². The van der Waals surface area contributed by atoms with Crippen LogP contribution in [0.2, 0.25) is 0 Å². The minimum absolute atomic E-state index is 0.0676. The van der Waals surface area contributed by atoms with E-state index in [1.165, 1.54) is 32.1 Å². The highest BCUT2D eigenvalue weighted by Crippen LogP contribution is 2.25. The SMILES string of the molecule is CC[C@H](C)[C@H](N=C1NS(=O)(=O)c2ccccc21)C(=O)Nc1ccc(NC2CCCCC2)cc1. The zero-order chi connectivity index (χ0) is 23.4. The molecule has 3 N–H and O–H groups in total. The second kappa shape index (κ2) is 9.95. The Morgan fingerprint density at radius 3 is 2.42 bits per heavy atom. The molecular formula is C25H32N4O3S. The number of carbonyl (C=O) groups is 1. The monoisotopic (exact) mass is 468 g/mol. The molecular weight excluding hydrogens is 436 g/mol. The maximum absolute atomic E-state index is 13.2. The van der Waals surface area contributed by atoms with Crippen LogP contribution in [0.25, 0.3) is 0 Å². The Morgan fingerprint density at radius 1 is 1.06 bits per heavy atom. The van der Waals surface area contributed by atoms with Gasteiger partial charge in [-0.2, -0.15) is 0 Å². The van der Waals surface area contributed by atoms with Crippen molar-refractivity contribution in [3.63, 3.8) is 0 Å². The molecule has 1 aliphatic carbocycles. The second-order valence-corrected chi connectivity index (χ2v) is 10.6. The van der Waals surface area contributed by atoms with Gasteiger partial charge >= 0.3 is 0 Å². The van der Waals surface area contributed by atoms with E-state index >= 15 is 0 Å². The number of hydrogen-bond donors (Lipinski definition) is 3. The average Bonchev–Trinajstić information content (AvgIpc) is 3.09. The molecule has 2 aliphatic rings. The van der Waals surface area contributed by atoms with E-state index in [9.17, 15) is 13.2 Å². The molecule has 1 heterocycles. The Bertz CT molecular complexity index is 1120. The number of anilines is 2. The number of nitrogens with one attached hydrogen (secondary N) is 3. The highest BCUT2D eigenvalue weighted by Gasteiger charge is 2.33. The first-order valence-corrected chi connectivity index (χ1v) is 13.2. The lowest BCUT2D eigenvalue weighted by Gasteiger charge is -2.24. The van der Waals surface area contributed by atoms with Gasteiger partial charge in [0.15, 0.2) is 0 Å². The van der Waals surface area contributed by atoms with Crippen molar-refractivity contribution < 1.29 is 13.2 Å². The molecule has 1 saturated carbocycles. The number of nitrogens with zero attached hydrogens (tertiary/aromatic N) is 1. The number of aliphatic imine (C=N–C) groups is 1. The fraction of sp³-hybridized carbons (Fsp3) is 0.440. The zero-order valence-corrected chi connectivity index (χ0v) is 20.0. The van der Waals surface area contributed by atoms with Crippen molar-refractivity contribution in [3.8, 4) is 0 Å². The first kappa shape index (κ1) is 23.3. The van der Waals surface area contributed by atoms with Gasteiger partial charge < -0.3 is 10.6 Å². The summed E-state index contributed by atoms with van der Waals surface area (Å²) in [6.07, 6.45) is 6.98. The van der Waals surface area contributed by atoms with E-state index < -0.39 is 16.1 Å². The van der Waals surface area contributed by atoms with E-state index in [1.54, 1.807) is 24.3 Å². The molecule has 7 nitrogen and oxygen atoms in total. The topological polar surface area (TPSA) is 99.7 Å². The summed E-state index contributed by atoms with van der Waals surface area (Å²) in [6.45, 7) is 3.93. The van der Waals surface area contributed by atoms with Crippen LogP contribution in [0.4, 0.5) is 11.4 Å². The predicted molar refractivity (Wildman–Crippen MR) is 132 cm³/mol. The van der Waals surface area contributed by atoms with Gasteiger partial charge in [-0.05, 0) is 55.2 Å². The number of fused-ring (bicyclic) bond motifs is 1. The van der Waals surface area contributed by atoms with Gasteiger partial charge in [-0.25, -0.2) is 8.42 Å². The molecule has 176 valence electrons. The molecule has 0 spiro atoms. The summed E-state index contributed by atoms with van der Waals surface area (Å²) in [7, 11) is -3.65. The van der Waals surface area contributed by atoms with E-state index in [4.69, 9.17) is 0 Å². The Morgan fingerprint density at radius 2 is 1.73 bits per heavy atom. The minimum Gasteiger partial charge on any atom is -0.382 e. The van der Waals surface area contributed by atoms with Gasteiger partial charge in [0.2, 0.25) is 5.91 Å². The molecule has 0 unspecified atom stereocenters. The van der Waals surface area contributed by atoms with Crippen LogP contribution in [0.3, 0.4) is 0 Å². The zero-order valence-electron chi connectivity index (χ0n) is 19.2. The van der Waals surface area contributed by atoms with Crippen LogP contribution < -0.4 is 15.4 Å². The average molecular weight is 469 g/mol. The fourth-order valence-electron chi connectivity index (χ4n) is 4.38. The van der Waals surface area contributed by atoms with Crippen molar-refractivity contribution >= 4 is 33.1 Å². The van der Waals surface area contributed by atoms with Gasteiger partial charge in [0, 0.05) is 23.0 Å². The van der Waals surface area contributed by atoms with Crippen molar-refractivity contribution in [2.45, 2.75) is 69.4 Å². The van der Waals surface area contributed by atoms with E-state index in [1.807, 2.05) is 38.1 Å². The number of benzene rings is 2. The highest BCUT2D eigenvalue weighted by molar-refractivity contribution is 7.90. The molecule has 4 rings (SSSR count). The molecule has 0 saturated heterocycles. The predicted octanol–water partition coefficient (Wildman–Crippen LogP) is 4.52. The molecule has 0 radical (unpaired) electrons. The number of sulfonamides is 1. The minimum atomic E-state index is -3.65. The number of amides is 1. The Kier molecular flexibility index (Phi) is 7.02. The van der Waals surface area contributed by atoms with Crippen LogP contribution in [0, 0.1) is 5.92 Å². The molecule has 0 bridgehead atoms. The molecule has 1 amide bonds. The smallest absolute Gasteiger partial charge is 0.263 e. The molecule has 2 atom stereocenters. The molecule has 8 heteroatoms. The number of rotatable bonds is 7. The first-order valence-electron chi connectivity index (χ1n) is 11.7. The number of carbonyl (C=O) groups excluding carboxylic acids is 1. The third-order valence-electron chi connectivity index (χ3n) is 6.51. The second-order valence-electron chi connectivity index (χ2n) is 8.96. The van der Waals surface area contributed by atoms with Crippen molar-refractivity contribution in [2.24, 2.45) is 10.9 Å². The Labute approximate surface area is 196 Å². The summed E-state index contributed by atoms with van der Waals surface area (Å²) in [5.41, 5.74) is 2.24. The third kappa shape index (κ3) is 5.38. The molecule has 1 aliphatic heterocycles. The fourth-order valence-corrected chi connectivity index (χ4v) is 5.62. The van der Waals surface area contributed by atoms with E-state index in [0.717, 1.165) is 12.1 Å². The lowest BCUT2D eigenvalue weighted by Crippen LogP contribution is -2.34. The van der Waals surface area contributed by atoms with Crippen molar-refractivity contribution in [2.75, 3.05) is 10.6 Å². The summed E-state index contributed by atoms with van der Waals surface area (Å²) in [5.74, 6) is -0.103. The van der Waals surface area contributed by atoms with Crippen LogP contribution in [0.5, 0.6) is 0 Å². The van der Waals surface area contributed by atoms with Gasteiger partial charge in [0.25, 0.3) is 10.0 Å². The third-order valence-corrected chi connectivity index (χ3v) is 7.91. The molecule has 2 aromatic carbocycles. The first-order chi connectivity index (χ1) is 15.9. The van der Waals surface area contributed by atoms with Crippen LogP contribution in [-0.2, 0) is 14.8 Å². The van der Waals surface area contributed by atoms with Gasteiger partial charge in [-0.15, -0.1) is 0 Å². The maximum Gasteiger partial charge on any atom is 0.263 e. The summed E-state index contributed by atoms with van der Waals surface area (Å²) < 4.78 is 27.3. The Balaban J connectivity index is 1.49. The van der Waals surface area contributed by atoms with Crippen LogP contribution >= 0.6 is 0 Å². The van der Waals surface area contributed by atoms with Gasteiger partial charge in [0.05, 0.1) is 4.90 Å². The summed E-state index contributed by atoms with van der Waals surface area (Å²) >= 11 is 0. The van der Waals surface area contributed by atoms with Crippen LogP contribution in [0.1, 0.15) is 57.9 Å². The van der Waals surface area contributed by atoms with Crippen molar-refractivity contribution in [1.82, 2.24) is 4.72 Å². The van der Waals surface area contributed by atoms with Gasteiger partial charge in [-0.3, -0.25) is 14.5 Å². The lowest BCUT2D eigenvalue weighted by atomic mass is 9.95. The molecule has 33 heavy (non-hydrogen) atoms. The van der Waals surface area contributed by atoms with E-state index in [0.29, 0.717) is 17.3 Å². The van der Waals surface area contributed by atoms with Gasteiger partial charge in [-0.1, -0.05) is 51.7 Å². The van der Waals surface area contributed by atoms with Crippen molar-refractivity contribution in [1.29, 1.82) is 0 Å². The standard InChI is InChI=1S/C25H32N4O3S/c1-3-17(2)23(28-24-21-11-7-8-12-22(21)33(31,32)29-24)25(30)27-20-15-13-19(14-16-20)26-18-9-5-4-6-10-18/h7-8,11-18,23,26H,3-6,9-10H2,1-2H3,(H,27,30)(H,28,29)/t17-,23-/m0/s1. The maximum atomic E-state index is 13.2. The van der Waals surface area contributed by atoms with E-state index in [-0.39, 0.29) is 22.6 Å². The quantitative estimate of drug-likeness (QED) is 0.556. The largest absolute Gasteiger partial charge is 0.382 e. The molecule has 2 aromatic rings. The summed E-state index contributed by atoms with van der Waals surface area (Å²) in [5, 5.41) is 6.53. The van der Waals surface area contributed by atoms with E-state index in [2.05, 4.69) is 20.3 Å². The van der Waals surface area contributed by atoms with Gasteiger partial charge in [0.1, 0.15) is 11.9 Å². The Hall–Kier alpha value is -2.87. The normalized spacial score (nSPS) is 20.5. The number of hydrogen-bond acceptors (Lipinski definition) is 5. The van der Waals surface area contributed by atoms with Crippen LogP contribution in [0.15, 0.2) is 58.4 Å². The van der Waals surface area contributed by atoms with Crippen molar-refractivity contribution in [3.05, 3.63) is 54.1 Å². The molecule has 1 fully saturated rings. The molecule has 0 aromatic heterocycles. The summed E-state index contributed by atoms with van der Waals surface area (Å²) in [4.78, 5) is 17.9. The lowest BCUT2D eigenvalue weighted by molar-refractivity contribution is -0.118. The summed E-state index contributed by atoms with van der Waals surface area (Å²) in [6, 6.07) is 14.2. The highest BCUT2D eigenvalue weighted by atomic mass is 32.2.